The first-order valence-corrected chi connectivity index (χ1v) is 6.89. The summed E-state index contributed by atoms with van der Waals surface area (Å²) in [5.41, 5.74) is 0.911. The number of hydrogen-bond donors (Lipinski definition) is 0. The summed E-state index contributed by atoms with van der Waals surface area (Å²) in [5.74, 6) is 0. The third-order valence-electron chi connectivity index (χ3n) is 3.49. The third kappa shape index (κ3) is 3.28. The van der Waals surface area contributed by atoms with E-state index in [9.17, 15) is 9.59 Å². The lowest BCUT2D eigenvalue weighted by Gasteiger charge is -2.19. The molecule has 5 nitrogen and oxygen atoms in total. The number of aromatic nitrogens is 2. The fraction of sp³-hybridized carbons (Fsp3) is 0.714. The quantitative estimate of drug-likeness (QED) is 0.734. The number of nitrogens with zero attached hydrogens (tertiary/aromatic N) is 3. The maximum atomic E-state index is 12.4. The van der Waals surface area contributed by atoms with Gasteiger partial charge >= 0.3 is 5.69 Å². The molecule has 0 aliphatic carbocycles. The molecule has 108 valence electrons. The zero-order valence-corrected chi connectivity index (χ0v) is 12.7. The van der Waals surface area contributed by atoms with E-state index in [1.54, 1.807) is 23.4 Å². The first-order valence-electron chi connectivity index (χ1n) is 6.89. The molecule has 1 aromatic heterocycles. The van der Waals surface area contributed by atoms with Crippen molar-refractivity contribution in [3.05, 3.63) is 26.5 Å². The van der Waals surface area contributed by atoms with Crippen LogP contribution in [0.5, 0.6) is 0 Å². The smallest absolute Gasteiger partial charge is 0.331 e. The average molecular weight is 267 g/mol. The predicted molar refractivity (Wildman–Crippen MR) is 79.1 cm³/mol. The highest BCUT2D eigenvalue weighted by atomic mass is 16.2. The molecule has 0 atom stereocenters. The van der Waals surface area contributed by atoms with Crippen LogP contribution >= 0.6 is 0 Å². The Bertz CT molecular complexity index is 541. The number of hydrogen-bond acceptors (Lipinski definition) is 3. The van der Waals surface area contributed by atoms with E-state index in [4.69, 9.17) is 0 Å². The van der Waals surface area contributed by atoms with Gasteiger partial charge < -0.3 is 4.90 Å². The van der Waals surface area contributed by atoms with Gasteiger partial charge in [-0.1, -0.05) is 26.2 Å². The highest BCUT2D eigenvalue weighted by Gasteiger charge is 2.15. The summed E-state index contributed by atoms with van der Waals surface area (Å²) in [6, 6.07) is 0. The SMILES string of the molecule is CCCCCCn1c(=O)c(N(C)C)c(C)n(C)c1=O. The largest absolute Gasteiger partial charge is 0.372 e. The van der Waals surface area contributed by atoms with Crippen LogP contribution in [0.1, 0.15) is 38.3 Å². The van der Waals surface area contributed by atoms with Gasteiger partial charge in [0.1, 0.15) is 5.69 Å². The summed E-state index contributed by atoms with van der Waals surface area (Å²) < 4.78 is 2.91. The van der Waals surface area contributed by atoms with Gasteiger partial charge in [0.05, 0.1) is 0 Å². The maximum Gasteiger partial charge on any atom is 0.331 e. The summed E-state index contributed by atoms with van der Waals surface area (Å²) in [6.45, 7) is 4.45. The first kappa shape index (κ1) is 15.5. The zero-order valence-electron chi connectivity index (χ0n) is 12.7. The minimum atomic E-state index is -0.218. The maximum absolute atomic E-state index is 12.4. The van der Waals surface area contributed by atoms with Gasteiger partial charge in [-0.05, 0) is 13.3 Å². The Labute approximate surface area is 114 Å². The molecule has 0 radical (unpaired) electrons. The lowest BCUT2D eigenvalue weighted by Crippen LogP contribution is -2.42. The molecule has 19 heavy (non-hydrogen) atoms. The standard InChI is InChI=1S/C14H25N3O2/c1-6-7-8-9-10-17-13(18)12(15(3)4)11(2)16(5)14(17)19/h6-10H2,1-5H3. The second-order valence-corrected chi connectivity index (χ2v) is 5.19. The molecule has 0 saturated heterocycles. The zero-order chi connectivity index (χ0) is 14.6. The molecule has 0 spiro atoms. The van der Waals surface area contributed by atoms with Crippen LogP contribution in [0.3, 0.4) is 0 Å². The minimum absolute atomic E-state index is 0.179. The molecular formula is C14H25N3O2. The van der Waals surface area contributed by atoms with Crippen LogP contribution in [0.4, 0.5) is 5.69 Å². The lowest BCUT2D eigenvalue weighted by molar-refractivity contribution is 0.529. The van der Waals surface area contributed by atoms with E-state index in [0.29, 0.717) is 17.9 Å². The van der Waals surface area contributed by atoms with Gasteiger partial charge in [-0.15, -0.1) is 0 Å². The van der Waals surface area contributed by atoms with Crippen molar-refractivity contribution in [2.75, 3.05) is 19.0 Å². The highest BCUT2D eigenvalue weighted by molar-refractivity contribution is 5.47. The molecule has 0 aliphatic heterocycles. The normalized spacial score (nSPS) is 10.8. The van der Waals surface area contributed by atoms with Crippen molar-refractivity contribution in [2.45, 2.75) is 46.1 Å². The summed E-state index contributed by atoms with van der Waals surface area (Å²) in [4.78, 5) is 26.3. The monoisotopic (exact) mass is 267 g/mol. The molecule has 5 heteroatoms. The van der Waals surface area contributed by atoms with E-state index in [1.165, 1.54) is 4.57 Å². The number of anilines is 1. The van der Waals surface area contributed by atoms with Crippen molar-refractivity contribution in [2.24, 2.45) is 7.05 Å². The minimum Gasteiger partial charge on any atom is -0.372 e. The summed E-state index contributed by atoms with van der Waals surface area (Å²) in [5, 5.41) is 0. The van der Waals surface area contributed by atoms with E-state index < -0.39 is 0 Å². The van der Waals surface area contributed by atoms with Crippen molar-refractivity contribution < 1.29 is 0 Å². The van der Waals surface area contributed by atoms with Gasteiger partial charge in [-0.25, -0.2) is 4.79 Å². The Morgan fingerprint density at radius 2 is 1.74 bits per heavy atom. The van der Waals surface area contributed by atoms with Gasteiger partial charge in [0, 0.05) is 33.4 Å². The second-order valence-electron chi connectivity index (χ2n) is 5.19. The number of rotatable bonds is 6. The van der Waals surface area contributed by atoms with Gasteiger partial charge in [0.15, 0.2) is 0 Å². The molecular weight excluding hydrogens is 242 g/mol. The fourth-order valence-corrected chi connectivity index (χ4v) is 2.26. The van der Waals surface area contributed by atoms with E-state index in [1.807, 2.05) is 14.1 Å². The van der Waals surface area contributed by atoms with Crippen LogP contribution in [0.2, 0.25) is 0 Å². The van der Waals surface area contributed by atoms with Crippen LogP contribution in [-0.4, -0.2) is 23.2 Å². The second kappa shape index (κ2) is 6.59. The lowest BCUT2D eigenvalue weighted by atomic mass is 10.2. The van der Waals surface area contributed by atoms with Crippen molar-refractivity contribution in [3.8, 4) is 0 Å². The van der Waals surface area contributed by atoms with Crippen molar-refractivity contribution in [1.29, 1.82) is 0 Å². The van der Waals surface area contributed by atoms with Crippen LogP contribution in [0.15, 0.2) is 9.59 Å². The molecule has 0 aromatic carbocycles. The van der Waals surface area contributed by atoms with E-state index in [0.717, 1.165) is 25.7 Å². The van der Waals surface area contributed by atoms with Crippen molar-refractivity contribution >= 4 is 5.69 Å². The molecule has 0 bridgehead atoms. The van der Waals surface area contributed by atoms with E-state index in [2.05, 4.69) is 6.92 Å². The summed E-state index contributed by atoms with van der Waals surface area (Å²) in [6.07, 6.45) is 4.21. The van der Waals surface area contributed by atoms with Crippen LogP contribution < -0.4 is 16.1 Å². The van der Waals surface area contributed by atoms with E-state index in [-0.39, 0.29) is 11.2 Å². The predicted octanol–water partition coefficient (Wildman–Crippen LogP) is 1.50. The molecule has 0 N–H and O–H groups in total. The number of unbranched alkanes of at least 4 members (excludes halogenated alkanes) is 3. The van der Waals surface area contributed by atoms with Crippen molar-refractivity contribution in [3.63, 3.8) is 0 Å². The van der Waals surface area contributed by atoms with Gasteiger partial charge in [0.25, 0.3) is 5.56 Å². The van der Waals surface area contributed by atoms with Crippen LogP contribution in [0, 0.1) is 6.92 Å². The van der Waals surface area contributed by atoms with E-state index >= 15 is 0 Å². The van der Waals surface area contributed by atoms with Crippen LogP contribution in [-0.2, 0) is 13.6 Å². The Morgan fingerprint density at radius 3 is 2.26 bits per heavy atom. The summed E-state index contributed by atoms with van der Waals surface area (Å²) >= 11 is 0. The van der Waals surface area contributed by atoms with Gasteiger partial charge in [-0.3, -0.25) is 13.9 Å². The van der Waals surface area contributed by atoms with Gasteiger partial charge in [-0.2, -0.15) is 0 Å². The Hall–Kier alpha value is -1.52. The molecule has 1 aromatic rings. The molecule has 1 rings (SSSR count). The first-order chi connectivity index (χ1) is 8.91. The molecule has 0 saturated carbocycles. The Balaban J connectivity index is 3.18. The van der Waals surface area contributed by atoms with Crippen molar-refractivity contribution in [1.82, 2.24) is 9.13 Å². The van der Waals surface area contributed by atoms with Gasteiger partial charge in [0.2, 0.25) is 0 Å². The molecule has 0 unspecified atom stereocenters. The highest BCUT2D eigenvalue weighted by Crippen LogP contribution is 2.09. The topological polar surface area (TPSA) is 47.2 Å². The van der Waals surface area contributed by atoms with Crippen LogP contribution in [0.25, 0.3) is 0 Å². The fourth-order valence-electron chi connectivity index (χ4n) is 2.26. The molecule has 1 heterocycles. The molecule has 0 fully saturated rings. The Kier molecular flexibility index (Phi) is 5.39. The average Bonchev–Trinajstić information content (AvgIpc) is 2.35. The Morgan fingerprint density at radius 1 is 1.11 bits per heavy atom. The third-order valence-corrected chi connectivity index (χ3v) is 3.49. The molecule has 0 amide bonds. The summed E-state index contributed by atoms with van der Waals surface area (Å²) in [7, 11) is 5.37. The molecule has 0 aliphatic rings.